The Morgan fingerprint density at radius 1 is 1.29 bits per heavy atom. The highest BCUT2D eigenvalue weighted by Crippen LogP contribution is 2.30. The van der Waals surface area contributed by atoms with E-state index in [1.807, 2.05) is 6.07 Å². The lowest BCUT2D eigenvalue weighted by Gasteiger charge is -2.00. The molecule has 14 heavy (non-hydrogen) atoms. The molecule has 0 unspecified atom stereocenters. The number of hydrogen-bond donors (Lipinski definition) is 0. The highest BCUT2D eigenvalue weighted by Gasteiger charge is 2.08. The van der Waals surface area contributed by atoms with Crippen LogP contribution in [0, 0.1) is 6.92 Å². The third-order valence-corrected chi connectivity index (χ3v) is 3.78. The van der Waals surface area contributed by atoms with E-state index in [0.29, 0.717) is 4.73 Å². The molecule has 0 atom stereocenters. The highest BCUT2D eigenvalue weighted by atomic mass is 79.9. The topological polar surface area (TPSA) is 25.8 Å². The summed E-state index contributed by atoms with van der Waals surface area (Å²) >= 11 is 8.13. The largest absolute Gasteiger partial charge is 0.209 e. The Labute approximate surface area is 103 Å². The predicted molar refractivity (Wildman–Crippen MR) is 65.5 cm³/mol. The first-order valence-electron chi connectivity index (χ1n) is 3.92. The van der Waals surface area contributed by atoms with Crippen molar-refractivity contribution in [1.29, 1.82) is 0 Å². The van der Waals surface area contributed by atoms with Gasteiger partial charge in [0.1, 0.15) is 5.01 Å². The van der Waals surface area contributed by atoms with Crippen molar-refractivity contribution in [2.45, 2.75) is 6.92 Å². The lowest BCUT2D eigenvalue weighted by atomic mass is 10.1. The van der Waals surface area contributed by atoms with Gasteiger partial charge in [-0.1, -0.05) is 27.6 Å². The molecule has 1 aromatic heterocycles. The van der Waals surface area contributed by atoms with Gasteiger partial charge in [0.25, 0.3) is 0 Å². The fourth-order valence-electron chi connectivity index (χ4n) is 1.12. The zero-order valence-corrected chi connectivity index (χ0v) is 11.3. The molecule has 0 bridgehead atoms. The average Bonchev–Trinajstić information content (AvgIpc) is 2.56. The van der Waals surface area contributed by atoms with Crippen molar-refractivity contribution in [3.05, 3.63) is 33.0 Å². The van der Waals surface area contributed by atoms with Gasteiger partial charge >= 0.3 is 0 Å². The smallest absolute Gasteiger partial charge is 0.209 e. The third-order valence-electron chi connectivity index (χ3n) is 1.75. The van der Waals surface area contributed by atoms with E-state index < -0.39 is 0 Å². The Kier molecular flexibility index (Phi) is 2.99. The minimum absolute atomic E-state index is 0.644. The van der Waals surface area contributed by atoms with Crippen LogP contribution < -0.4 is 0 Å². The van der Waals surface area contributed by atoms with Crippen molar-refractivity contribution in [2.75, 3.05) is 0 Å². The fraction of sp³-hybridized carbons (Fsp3) is 0.111. The standard InChI is InChI=1S/C9H6Br2N2S/c1-5-2-3-7(10)6(4-5)8-12-9(11)13-14-8/h2-4H,1H3. The van der Waals surface area contributed by atoms with Crippen molar-refractivity contribution in [2.24, 2.45) is 0 Å². The van der Waals surface area contributed by atoms with E-state index in [2.05, 4.69) is 60.3 Å². The van der Waals surface area contributed by atoms with Gasteiger partial charge in [-0.25, -0.2) is 4.98 Å². The number of halogens is 2. The lowest BCUT2D eigenvalue weighted by molar-refractivity contribution is 1.26. The molecule has 1 heterocycles. The summed E-state index contributed by atoms with van der Waals surface area (Å²) in [6.45, 7) is 2.06. The molecule has 0 N–H and O–H groups in total. The molecule has 0 spiro atoms. The minimum atomic E-state index is 0.644. The normalized spacial score (nSPS) is 10.5. The predicted octanol–water partition coefficient (Wildman–Crippen LogP) is 4.04. The van der Waals surface area contributed by atoms with Crippen LogP contribution in [0.5, 0.6) is 0 Å². The minimum Gasteiger partial charge on any atom is -0.209 e. The van der Waals surface area contributed by atoms with Crippen LogP contribution in [0.1, 0.15) is 5.56 Å². The van der Waals surface area contributed by atoms with Crippen LogP contribution in [-0.2, 0) is 0 Å². The molecule has 0 aliphatic rings. The van der Waals surface area contributed by atoms with Gasteiger partial charge < -0.3 is 0 Å². The van der Waals surface area contributed by atoms with Gasteiger partial charge in [-0.05, 0) is 46.5 Å². The second-order valence-corrected chi connectivity index (χ2v) is 5.17. The summed E-state index contributed by atoms with van der Waals surface area (Å²) in [5.74, 6) is 0. The van der Waals surface area contributed by atoms with Crippen molar-refractivity contribution >= 4 is 43.4 Å². The molecule has 0 amide bonds. The summed E-state index contributed by atoms with van der Waals surface area (Å²) in [7, 11) is 0. The number of aromatic nitrogens is 2. The van der Waals surface area contributed by atoms with Gasteiger partial charge in [0.15, 0.2) is 0 Å². The van der Waals surface area contributed by atoms with Crippen LogP contribution in [0.2, 0.25) is 0 Å². The molecule has 72 valence electrons. The number of aryl methyl sites for hydroxylation is 1. The molecule has 0 saturated heterocycles. The van der Waals surface area contributed by atoms with E-state index >= 15 is 0 Å². The van der Waals surface area contributed by atoms with Crippen LogP contribution in [0.4, 0.5) is 0 Å². The number of rotatable bonds is 1. The fourth-order valence-corrected chi connectivity index (χ4v) is 2.79. The summed E-state index contributed by atoms with van der Waals surface area (Å²) in [6.07, 6.45) is 0. The molecule has 5 heteroatoms. The second kappa shape index (κ2) is 4.08. The number of nitrogens with zero attached hydrogens (tertiary/aromatic N) is 2. The highest BCUT2D eigenvalue weighted by molar-refractivity contribution is 9.10. The van der Waals surface area contributed by atoms with Crippen LogP contribution in [-0.4, -0.2) is 9.36 Å². The molecule has 0 fully saturated rings. The maximum absolute atomic E-state index is 4.28. The van der Waals surface area contributed by atoms with E-state index in [0.717, 1.165) is 15.0 Å². The molecule has 0 radical (unpaired) electrons. The molecule has 1 aromatic carbocycles. The Hall–Kier alpha value is -0.260. The van der Waals surface area contributed by atoms with Crippen LogP contribution in [0.15, 0.2) is 27.4 Å². The molecule has 2 aromatic rings. The maximum atomic E-state index is 4.28. The first-order valence-corrected chi connectivity index (χ1v) is 6.28. The van der Waals surface area contributed by atoms with Crippen LogP contribution >= 0.6 is 43.4 Å². The van der Waals surface area contributed by atoms with Crippen molar-refractivity contribution in [3.8, 4) is 10.6 Å². The SMILES string of the molecule is Cc1ccc(Br)c(-c2nc(Br)ns2)c1. The van der Waals surface area contributed by atoms with Gasteiger partial charge in [-0.15, -0.1) is 0 Å². The lowest BCUT2D eigenvalue weighted by Crippen LogP contribution is -1.80. The Balaban J connectivity index is 2.55. The zero-order chi connectivity index (χ0) is 10.1. The quantitative estimate of drug-likeness (QED) is 0.787. The monoisotopic (exact) mass is 332 g/mol. The Bertz CT molecular complexity index is 468. The van der Waals surface area contributed by atoms with E-state index in [9.17, 15) is 0 Å². The molecule has 0 aliphatic carbocycles. The number of hydrogen-bond acceptors (Lipinski definition) is 3. The Morgan fingerprint density at radius 3 is 2.71 bits per heavy atom. The third kappa shape index (κ3) is 2.04. The number of benzene rings is 1. The molecule has 0 aliphatic heterocycles. The van der Waals surface area contributed by atoms with Crippen molar-refractivity contribution in [3.63, 3.8) is 0 Å². The molecule has 2 rings (SSSR count). The first-order chi connectivity index (χ1) is 6.66. The van der Waals surface area contributed by atoms with Crippen molar-refractivity contribution < 1.29 is 0 Å². The van der Waals surface area contributed by atoms with Crippen LogP contribution in [0.25, 0.3) is 10.6 Å². The zero-order valence-electron chi connectivity index (χ0n) is 7.29. The van der Waals surface area contributed by atoms with Gasteiger partial charge in [-0.2, -0.15) is 4.37 Å². The molecule has 0 saturated carbocycles. The average molecular weight is 334 g/mol. The van der Waals surface area contributed by atoms with E-state index in [1.165, 1.54) is 17.1 Å². The van der Waals surface area contributed by atoms with Gasteiger partial charge in [0, 0.05) is 10.0 Å². The van der Waals surface area contributed by atoms with Crippen LogP contribution in [0.3, 0.4) is 0 Å². The second-order valence-electron chi connectivity index (χ2n) is 2.85. The molecular formula is C9H6Br2N2S. The summed E-state index contributed by atoms with van der Waals surface area (Å²) < 4.78 is 5.78. The van der Waals surface area contributed by atoms with Crippen molar-refractivity contribution in [1.82, 2.24) is 9.36 Å². The summed E-state index contributed by atoms with van der Waals surface area (Å²) in [4.78, 5) is 4.28. The van der Waals surface area contributed by atoms with E-state index in [-0.39, 0.29) is 0 Å². The molecular weight excluding hydrogens is 328 g/mol. The first kappa shape index (κ1) is 10.3. The van der Waals surface area contributed by atoms with E-state index in [4.69, 9.17) is 0 Å². The molecule has 2 nitrogen and oxygen atoms in total. The van der Waals surface area contributed by atoms with Gasteiger partial charge in [-0.3, -0.25) is 0 Å². The summed E-state index contributed by atoms with van der Waals surface area (Å²) in [5.41, 5.74) is 2.31. The van der Waals surface area contributed by atoms with Gasteiger partial charge in [0.05, 0.1) is 0 Å². The maximum Gasteiger partial charge on any atom is 0.209 e. The summed E-state index contributed by atoms with van der Waals surface area (Å²) in [5, 5.41) is 0.924. The van der Waals surface area contributed by atoms with E-state index in [1.54, 1.807) is 0 Å². The van der Waals surface area contributed by atoms with Gasteiger partial charge in [0.2, 0.25) is 4.73 Å². The Morgan fingerprint density at radius 2 is 2.07 bits per heavy atom. The summed E-state index contributed by atoms with van der Waals surface area (Å²) in [6, 6.07) is 6.18.